The Hall–Kier alpha value is -4.10. The van der Waals surface area contributed by atoms with E-state index in [1.807, 2.05) is 20.8 Å². The maximum Gasteiger partial charge on any atom is 0.416 e. The molecule has 222 valence electrons. The number of aromatic nitrogens is 4. The SMILES string of the molecule is CC(C)(C)OC(=O)N1CCCC(n2nc(-c3cnn(Cc4cc(C(F)(F)F)ccc4F)c3)c(C(N)=O)c2N)CCC1. The van der Waals surface area contributed by atoms with Gasteiger partial charge in [0.1, 0.15) is 28.5 Å². The van der Waals surface area contributed by atoms with Crippen molar-refractivity contribution in [3.63, 3.8) is 0 Å². The average molecular weight is 580 g/mol. The van der Waals surface area contributed by atoms with Crippen molar-refractivity contribution in [2.75, 3.05) is 18.8 Å². The van der Waals surface area contributed by atoms with Crippen molar-refractivity contribution in [1.29, 1.82) is 0 Å². The monoisotopic (exact) mass is 579 g/mol. The van der Waals surface area contributed by atoms with E-state index in [1.54, 1.807) is 9.58 Å². The topological polar surface area (TPSA) is 134 Å². The van der Waals surface area contributed by atoms with Gasteiger partial charge in [-0.2, -0.15) is 23.4 Å². The van der Waals surface area contributed by atoms with E-state index in [0.717, 1.165) is 12.1 Å². The smallest absolute Gasteiger partial charge is 0.416 e. The number of halogens is 4. The number of carbonyl (C=O) groups excluding carboxylic acids is 2. The van der Waals surface area contributed by atoms with Gasteiger partial charge in [0.2, 0.25) is 0 Å². The average Bonchev–Trinajstić information content (AvgIpc) is 3.43. The minimum atomic E-state index is -4.62. The molecule has 2 aromatic heterocycles. The molecule has 1 saturated heterocycles. The Kier molecular flexibility index (Phi) is 8.31. The van der Waals surface area contributed by atoms with Crippen LogP contribution in [0.15, 0.2) is 30.6 Å². The van der Waals surface area contributed by atoms with Crippen LogP contribution in [0.3, 0.4) is 0 Å². The van der Waals surface area contributed by atoms with Gasteiger partial charge in [-0.15, -0.1) is 0 Å². The first kappa shape index (κ1) is 29.9. The lowest BCUT2D eigenvalue weighted by molar-refractivity contribution is -0.137. The number of primary amides is 1. The van der Waals surface area contributed by atoms with Gasteiger partial charge in [-0.1, -0.05) is 0 Å². The van der Waals surface area contributed by atoms with E-state index in [4.69, 9.17) is 16.2 Å². The zero-order chi connectivity index (χ0) is 30.1. The summed E-state index contributed by atoms with van der Waals surface area (Å²) in [5.74, 6) is -1.53. The summed E-state index contributed by atoms with van der Waals surface area (Å²) < 4.78 is 61.9. The molecule has 3 aromatic rings. The Bertz CT molecular complexity index is 1420. The highest BCUT2D eigenvalue weighted by atomic mass is 19.4. The number of nitrogens with two attached hydrogens (primary N) is 2. The summed E-state index contributed by atoms with van der Waals surface area (Å²) in [4.78, 5) is 26.6. The molecule has 4 rings (SSSR count). The number of hydrogen-bond acceptors (Lipinski definition) is 6. The van der Waals surface area contributed by atoms with Crippen molar-refractivity contribution in [2.45, 2.75) is 70.8 Å². The first-order chi connectivity index (χ1) is 19.1. The number of amides is 2. The molecule has 1 aliphatic rings. The summed E-state index contributed by atoms with van der Waals surface area (Å²) in [6, 6.07) is 2.00. The first-order valence-corrected chi connectivity index (χ1v) is 13.2. The third kappa shape index (κ3) is 6.98. The molecule has 1 fully saturated rings. The highest BCUT2D eigenvalue weighted by molar-refractivity contribution is 6.03. The summed E-state index contributed by atoms with van der Waals surface area (Å²) in [6.07, 6.45) is 0.346. The molecular formula is C27H33F4N7O3. The predicted molar refractivity (Wildman–Crippen MR) is 142 cm³/mol. The molecule has 0 radical (unpaired) electrons. The third-order valence-electron chi connectivity index (χ3n) is 6.73. The number of hydrogen-bond donors (Lipinski definition) is 2. The van der Waals surface area contributed by atoms with E-state index in [9.17, 15) is 27.2 Å². The van der Waals surface area contributed by atoms with Crippen LogP contribution >= 0.6 is 0 Å². The number of ether oxygens (including phenoxy) is 1. The Morgan fingerprint density at radius 3 is 2.37 bits per heavy atom. The fourth-order valence-corrected chi connectivity index (χ4v) is 4.84. The number of anilines is 1. The Balaban J connectivity index is 1.54. The third-order valence-corrected chi connectivity index (χ3v) is 6.73. The van der Waals surface area contributed by atoms with Crippen LogP contribution in [0.1, 0.15) is 74.0 Å². The van der Waals surface area contributed by atoms with Crippen LogP contribution < -0.4 is 11.5 Å². The van der Waals surface area contributed by atoms with E-state index in [0.29, 0.717) is 50.4 Å². The normalized spacial score (nSPS) is 15.4. The summed E-state index contributed by atoms with van der Waals surface area (Å²) in [5.41, 5.74) is 10.7. The van der Waals surface area contributed by atoms with Crippen molar-refractivity contribution >= 4 is 17.8 Å². The van der Waals surface area contributed by atoms with E-state index in [2.05, 4.69) is 10.2 Å². The Labute approximate surface area is 234 Å². The molecule has 0 spiro atoms. The van der Waals surface area contributed by atoms with Crippen molar-refractivity contribution in [3.05, 3.63) is 53.1 Å². The van der Waals surface area contributed by atoms with Crippen LogP contribution in [-0.2, 0) is 17.5 Å². The maximum atomic E-state index is 14.3. The zero-order valence-corrected chi connectivity index (χ0v) is 23.0. The van der Waals surface area contributed by atoms with Gasteiger partial charge in [0, 0.05) is 30.4 Å². The van der Waals surface area contributed by atoms with Crippen LogP contribution in [0, 0.1) is 5.82 Å². The van der Waals surface area contributed by atoms with Crippen molar-refractivity contribution in [3.8, 4) is 11.3 Å². The lowest BCUT2D eigenvalue weighted by atomic mass is 10.0. The highest BCUT2D eigenvalue weighted by Gasteiger charge is 2.32. The largest absolute Gasteiger partial charge is 0.444 e. The van der Waals surface area contributed by atoms with Gasteiger partial charge in [-0.05, 0) is 64.7 Å². The second kappa shape index (κ2) is 11.4. The number of carbonyl (C=O) groups is 2. The Morgan fingerprint density at radius 2 is 1.78 bits per heavy atom. The second-order valence-corrected chi connectivity index (χ2v) is 11.1. The standard InChI is InChI=1S/C27H33F4N7O3/c1-26(2,3)41-25(40)36-10-4-6-19(7-5-11-36)38-23(32)21(24(33)39)22(35-38)17-13-34-37(15-17)14-16-12-18(27(29,30)31)8-9-20(16)28/h8-9,12-13,15,19H,4-7,10-11,14,32H2,1-3H3,(H2,33,39). The van der Waals surface area contributed by atoms with Crippen LogP contribution in [-0.4, -0.2) is 55.2 Å². The van der Waals surface area contributed by atoms with Gasteiger partial charge in [0.25, 0.3) is 5.91 Å². The lowest BCUT2D eigenvalue weighted by Crippen LogP contribution is -2.39. The molecule has 1 aromatic carbocycles. The van der Waals surface area contributed by atoms with E-state index >= 15 is 0 Å². The van der Waals surface area contributed by atoms with E-state index in [-0.39, 0.29) is 41.3 Å². The molecule has 3 heterocycles. The van der Waals surface area contributed by atoms with Gasteiger partial charge < -0.3 is 21.1 Å². The number of likely N-dealkylation sites (tertiary alicyclic amines) is 1. The van der Waals surface area contributed by atoms with Crippen molar-refractivity contribution in [1.82, 2.24) is 24.5 Å². The molecular weight excluding hydrogens is 546 g/mol. The first-order valence-electron chi connectivity index (χ1n) is 13.2. The number of nitrogen functional groups attached to an aromatic ring is 1. The fourth-order valence-electron chi connectivity index (χ4n) is 4.84. The van der Waals surface area contributed by atoms with Crippen LogP contribution in [0.4, 0.5) is 28.2 Å². The highest BCUT2D eigenvalue weighted by Crippen LogP contribution is 2.34. The van der Waals surface area contributed by atoms with E-state index in [1.165, 1.54) is 17.1 Å². The van der Waals surface area contributed by atoms with Gasteiger partial charge in [0.05, 0.1) is 24.3 Å². The quantitative estimate of drug-likeness (QED) is 0.409. The van der Waals surface area contributed by atoms with Crippen molar-refractivity contribution in [2.24, 2.45) is 5.73 Å². The van der Waals surface area contributed by atoms with Gasteiger partial charge >= 0.3 is 12.3 Å². The zero-order valence-electron chi connectivity index (χ0n) is 23.0. The molecule has 1 aliphatic heterocycles. The molecule has 2 amide bonds. The molecule has 10 nitrogen and oxygen atoms in total. The minimum Gasteiger partial charge on any atom is -0.444 e. The number of rotatable bonds is 5. The fraction of sp³-hybridized carbons (Fsp3) is 0.481. The van der Waals surface area contributed by atoms with Gasteiger partial charge in [0.15, 0.2) is 0 Å². The number of alkyl halides is 3. The van der Waals surface area contributed by atoms with Crippen LogP contribution in [0.5, 0.6) is 0 Å². The number of benzene rings is 1. The van der Waals surface area contributed by atoms with Crippen LogP contribution in [0.25, 0.3) is 11.3 Å². The summed E-state index contributed by atoms with van der Waals surface area (Å²) in [5, 5.41) is 8.72. The molecule has 4 N–H and O–H groups in total. The molecule has 0 bridgehead atoms. The molecule has 41 heavy (non-hydrogen) atoms. The van der Waals surface area contributed by atoms with E-state index < -0.39 is 29.1 Å². The minimum absolute atomic E-state index is 0.00718. The number of nitrogens with zero attached hydrogens (tertiary/aromatic N) is 5. The summed E-state index contributed by atoms with van der Waals surface area (Å²) in [7, 11) is 0. The molecule has 0 atom stereocenters. The lowest BCUT2D eigenvalue weighted by Gasteiger charge is -2.30. The molecule has 0 unspecified atom stereocenters. The predicted octanol–water partition coefficient (Wildman–Crippen LogP) is 4.99. The summed E-state index contributed by atoms with van der Waals surface area (Å²) >= 11 is 0. The Morgan fingerprint density at radius 1 is 1.12 bits per heavy atom. The molecule has 0 aliphatic carbocycles. The van der Waals surface area contributed by atoms with Crippen molar-refractivity contribution < 1.29 is 31.9 Å². The second-order valence-electron chi connectivity index (χ2n) is 11.1. The van der Waals surface area contributed by atoms with Gasteiger partial charge in [-0.25, -0.2) is 13.9 Å². The molecule has 0 saturated carbocycles. The van der Waals surface area contributed by atoms with Gasteiger partial charge in [-0.3, -0.25) is 9.48 Å². The van der Waals surface area contributed by atoms with Crippen LogP contribution in [0.2, 0.25) is 0 Å². The molecule has 14 heteroatoms. The summed E-state index contributed by atoms with van der Waals surface area (Å²) in [6.45, 7) is 6.13. The maximum absolute atomic E-state index is 14.3.